The van der Waals surface area contributed by atoms with Gasteiger partial charge >= 0.3 is 0 Å². The molecule has 11 heteroatoms. The summed E-state index contributed by atoms with van der Waals surface area (Å²) in [6.45, 7) is 0. The highest BCUT2D eigenvalue weighted by Crippen LogP contribution is 2.32. The van der Waals surface area contributed by atoms with Crippen molar-refractivity contribution < 1.29 is 19.6 Å². The van der Waals surface area contributed by atoms with Gasteiger partial charge in [0.1, 0.15) is 11.4 Å². The molecular weight excluding hydrogens is 430 g/mol. The summed E-state index contributed by atoms with van der Waals surface area (Å²) in [5, 5.41) is 48.0. The van der Waals surface area contributed by atoms with Crippen LogP contribution in [0.5, 0.6) is 0 Å². The SMILES string of the molecule is O=C(CCc1cc(-c2ccco2)n(-c2ccc(N([O-])[O-])cc2N(O)O)n1)Nc1ccccc1. The van der Waals surface area contributed by atoms with Crippen molar-refractivity contribution in [1.82, 2.24) is 9.78 Å². The van der Waals surface area contributed by atoms with E-state index in [1.165, 1.54) is 23.1 Å². The Hall–Kier alpha value is -4.16. The monoisotopic (exact) mass is 449 g/mol. The number of benzene rings is 2. The van der Waals surface area contributed by atoms with Crippen LogP contribution in [0.15, 0.2) is 77.4 Å². The average Bonchev–Trinajstić information content (AvgIpc) is 3.48. The van der Waals surface area contributed by atoms with Crippen LogP contribution in [0.3, 0.4) is 0 Å². The molecule has 2 heterocycles. The molecule has 1 amide bonds. The number of nitrogens with one attached hydrogen (secondary N) is 1. The number of anilines is 3. The van der Waals surface area contributed by atoms with Gasteiger partial charge in [0.05, 0.1) is 17.6 Å². The van der Waals surface area contributed by atoms with E-state index in [-0.39, 0.29) is 34.6 Å². The van der Waals surface area contributed by atoms with Gasteiger partial charge in [-0.25, -0.2) is 4.68 Å². The maximum Gasteiger partial charge on any atom is 0.224 e. The summed E-state index contributed by atoms with van der Waals surface area (Å²) in [5.74, 6) is 0.248. The number of aryl methyl sites for hydroxylation is 1. The Morgan fingerprint density at radius 1 is 1.06 bits per heavy atom. The minimum Gasteiger partial charge on any atom is -0.769 e. The Bertz CT molecular complexity index is 1220. The molecule has 4 rings (SSSR count). The summed E-state index contributed by atoms with van der Waals surface area (Å²) >= 11 is 0. The maximum absolute atomic E-state index is 12.3. The van der Waals surface area contributed by atoms with E-state index >= 15 is 0 Å². The molecule has 0 atom stereocenters. The number of hydrogen-bond acceptors (Lipinski definition) is 9. The van der Waals surface area contributed by atoms with Crippen molar-refractivity contribution in [3.8, 4) is 17.1 Å². The number of nitrogens with zero attached hydrogens (tertiary/aromatic N) is 4. The van der Waals surface area contributed by atoms with Crippen LogP contribution in [-0.2, 0) is 11.2 Å². The number of hydrogen-bond donors (Lipinski definition) is 3. The van der Waals surface area contributed by atoms with Crippen molar-refractivity contribution in [2.45, 2.75) is 12.8 Å². The zero-order chi connectivity index (χ0) is 23.4. The fourth-order valence-electron chi connectivity index (χ4n) is 3.29. The van der Waals surface area contributed by atoms with Gasteiger partial charge in [0.2, 0.25) is 5.91 Å². The molecule has 0 aliphatic carbocycles. The van der Waals surface area contributed by atoms with Crippen molar-refractivity contribution >= 4 is 23.0 Å². The molecule has 0 saturated heterocycles. The second-order valence-electron chi connectivity index (χ2n) is 7.04. The van der Waals surface area contributed by atoms with Crippen molar-refractivity contribution in [2.75, 3.05) is 15.8 Å². The lowest BCUT2D eigenvalue weighted by atomic mass is 10.2. The molecule has 4 aromatic rings. The van der Waals surface area contributed by atoms with Crippen LogP contribution in [0.1, 0.15) is 12.1 Å². The van der Waals surface area contributed by atoms with Crippen LogP contribution in [0.4, 0.5) is 17.1 Å². The normalized spacial score (nSPS) is 10.8. The van der Waals surface area contributed by atoms with Crippen LogP contribution in [0, 0.1) is 10.4 Å². The second-order valence-corrected chi connectivity index (χ2v) is 7.04. The number of rotatable bonds is 8. The van der Waals surface area contributed by atoms with Gasteiger partial charge in [0.25, 0.3) is 0 Å². The Balaban J connectivity index is 1.64. The number of carbonyl (C=O) groups is 1. The highest BCUT2D eigenvalue weighted by atomic mass is 16.8. The molecule has 0 unspecified atom stereocenters. The van der Waals surface area contributed by atoms with E-state index < -0.39 is 5.23 Å². The Kier molecular flexibility index (Phi) is 6.38. The Labute approximate surface area is 187 Å². The second kappa shape index (κ2) is 9.54. The number of carbonyl (C=O) groups excluding carboxylic acids is 1. The molecule has 2 aromatic carbocycles. The van der Waals surface area contributed by atoms with Crippen LogP contribution < -0.4 is 15.8 Å². The summed E-state index contributed by atoms with van der Waals surface area (Å²) in [6, 6.07) is 17.7. The quantitative estimate of drug-likeness (QED) is 0.337. The standard InChI is InChI=1S/C22H19N5O6/c28-22(23-15-5-2-1-3-6-15)11-8-16-13-20(21-7-4-12-33-21)25(24-16)18-10-9-17(26(29)30)14-19(18)27(31)32/h1-7,9-10,12-14,31-32H,8,11H2,(H,23,28)/q-2. The number of para-hydroxylation sites is 1. The van der Waals surface area contributed by atoms with Gasteiger partial charge in [0, 0.05) is 24.2 Å². The lowest BCUT2D eigenvalue weighted by Crippen LogP contribution is -2.16. The fraction of sp³-hybridized carbons (Fsp3) is 0.0909. The minimum absolute atomic E-state index is 0.156. The zero-order valence-corrected chi connectivity index (χ0v) is 17.2. The molecule has 0 saturated carbocycles. The predicted molar refractivity (Wildman–Crippen MR) is 120 cm³/mol. The molecule has 33 heavy (non-hydrogen) atoms. The molecule has 0 radical (unpaired) electrons. The smallest absolute Gasteiger partial charge is 0.224 e. The van der Waals surface area contributed by atoms with Crippen molar-refractivity contribution in [2.24, 2.45) is 0 Å². The van der Waals surface area contributed by atoms with Gasteiger partial charge in [0.15, 0.2) is 5.76 Å². The van der Waals surface area contributed by atoms with Crippen molar-refractivity contribution in [1.29, 1.82) is 0 Å². The highest BCUT2D eigenvalue weighted by molar-refractivity contribution is 5.90. The molecule has 0 fully saturated rings. The first-order chi connectivity index (χ1) is 15.9. The zero-order valence-electron chi connectivity index (χ0n) is 17.2. The largest absolute Gasteiger partial charge is 0.769 e. The van der Waals surface area contributed by atoms with Crippen LogP contribution in [0.25, 0.3) is 17.1 Å². The molecular formula is C22H19N5O6-2. The van der Waals surface area contributed by atoms with Gasteiger partial charge in [-0.3, -0.25) is 15.2 Å². The fourth-order valence-corrected chi connectivity index (χ4v) is 3.29. The van der Waals surface area contributed by atoms with Crippen molar-refractivity contribution in [3.63, 3.8) is 0 Å². The molecule has 170 valence electrons. The maximum atomic E-state index is 12.3. The van der Waals surface area contributed by atoms with Gasteiger partial charge in [-0.1, -0.05) is 18.2 Å². The van der Waals surface area contributed by atoms with Gasteiger partial charge < -0.3 is 25.4 Å². The predicted octanol–water partition coefficient (Wildman–Crippen LogP) is 4.09. The van der Waals surface area contributed by atoms with Crippen molar-refractivity contribution in [3.05, 3.63) is 89.1 Å². The summed E-state index contributed by atoms with van der Waals surface area (Å²) in [7, 11) is 0. The van der Waals surface area contributed by atoms with Crippen LogP contribution in [-0.4, -0.2) is 26.1 Å². The Morgan fingerprint density at radius 2 is 1.85 bits per heavy atom. The summed E-state index contributed by atoms with van der Waals surface area (Å²) in [6.07, 6.45) is 1.92. The molecule has 0 spiro atoms. The summed E-state index contributed by atoms with van der Waals surface area (Å²) in [4.78, 5) is 12.3. The lowest BCUT2D eigenvalue weighted by molar-refractivity contribution is -0.116. The van der Waals surface area contributed by atoms with E-state index in [4.69, 9.17) is 4.42 Å². The Morgan fingerprint density at radius 3 is 2.52 bits per heavy atom. The number of aromatic nitrogens is 2. The van der Waals surface area contributed by atoms with E-state index in [1.807, 2.05) is 18.2 Å². The molecule has 0 bridgehead atoms. The molecule has 0 aliphatic heterocycles. The average molecular weight is 449 g/mol. The third-order valence-corrected chi connectivity index (χ3v) is 4.81. The third kappa shape index (κ3) is 5.02. The topological polar surface area (TPSA) is 153 Å². The minimum atomic E-state index is -0.649. The van der Waals surface area contributed by atoms with E-state index in [2.05, 4.69) is 10.4 Å². The highest BCUT2D eigenvalue weighted by Gasteiger charge is 2.19. The van der Waals surface area contributed by atoms with E-state index in [0.717, 1.165) is 6.07 Å². The summed E-state index contributed by atoms with van der Waals surface area (Å²) < 4.78 is 6.85. The summed E-state index contributed by atoms with van der Waals surface area (Å²) in [5.41, 5.74) is 1.27. The molecule has 0 aliphatic rings. The molecule has 11 nitrogen and oxygen atoms in total. The first-order valence-electron chi connectivity index (χ1n) is 9.87. The van der Waals surface area contributed by atoms with E-state index in [0.29, 0.717) is 29.3 Å². The lowest BCUT2D eigenvalue weighted by Gasteiger charge is -2.38. The first kappa shape index (κ1) is 22.0. The third-order valence-electron chi connectivity index (χ3n) is 4.81. The number of furan rings is 1. The van der Waals surface area contributed by atoms with Gasteiger partial charge in [-0.15, -0.1) is 5.23 Å². The number of amides is 1. The first-order valence-corrected chi connectivity index (χ1v) is 9.87. The molecule has 3 N–H and O–H groups in total. The molecule has 2 aromatic heterocycles. The van der Waals surface area contributed by atoms with Gasteiger partial charge in [-0.2, -0.15) is 5.10 Å². The van der Waals surface area contributed by atoms with Crippen LogP contribution in [0.2, 0.25) is 0 Å². The van der Waals surface area contributed by atoms with Gasteiger partial charge in [-0.05, 0) is 48.5 Å². The van der Waals surface area contributed by atoms with Crippen LogP contribution >= 0.6 is 0 Å². The van der Waals surface area contributed by atoms with E-state index in [9.17, 15) is 25.6 Å². The van der Waals surface area contributed by atoms with E-state index in [1.54, 1.807) is 30.3 Å².